The normalized spacial score (nSPS) is 11.1. The lowest BCUT2D eigenvalue weighted by Gasteiger charge is -2.22. The van der Waals surface area contributed by atoms with Crippen LogP contribution >= 0.6 is 11.6 Å². The number of ether oxygens (including phenoxy) is 1. The number of benzene rings is 2. The standard InChI is InChI=1S/C18H21ClN2O4S/c1-4-25-16-7-5-6-14(10-16)20-18(22)12-21(26(3,23)24)15-9-8-13(2)17(19)11-15/h5-11H,4,12H2,1-3H3,(H,20,22). The number of amides is 1. The van der Waals surface area contributed by atoms with Gasteiger partial charge in [0.25, 0.3) is 0 Å². The molecule has 26 heavy (non-hydrogen) atoms. The zero-order valence-corrected chi connectivity index (χ0v) is 16.4. The van der Waals surface area contributed by atoms with E-state index >= 15 is 0 Å². The molecule has 0 unspecified atom stereocenters. The third-order valence-electron chi connectivity index (χ3n) is 3.56. The van der Waals surface area contributed by atoms with Gasteiger partial charge >= 0.3 is 0 Å². The van der Waals surface area contributed by atoms with Crippen LogP contribution < -0.4 is 14.4 Å². The summed E-state index contributed by atoms with van der Waals surface area (Å²) in [5.74, 6) is 0.149. The van der Waals surface area contributed by atoms with Gasteiger partial charge in [0.2, 0.25) is 15.9 Å². The minimum Gasteiger partial charge on any atom is -0.494 e. The Bertz CT molecular complexity index is 900. The fourth-order valence-electron chi connectivity index (χ4n) is 2.30. The van der Waals surface area contributed by atoms with E-state index in [4.69, 9.17) is 16.3 Å². The van der Waals surface area contributed by atoms with Gasteiger partial charge in [0.15, 0.2) is 0 Å². The summed E-state index contributed by atoms with van der Waals surface area (Å²) < 4.78 is 30.7. The Morgan fingerprint density at radius 1 is 1.23 bits per heavy atom. The SMILES string of the molecule is CCOc1cccc(NC(=O)CN(c2ccc(C)c(Cl)c2)S(C)(=O)=O)c1. The van der Waals surface area contributed by atoms with Crippen molar-refractivity contribution in [2.24, 2.45) is 0 Å². The zero-order chi connectivity index (χ0) is 19.3. The Morgan fingerprint density at radius 3 is 2.58 bits per heavy atom. The molecule has 0 saturated carbocycles. The summed E-state index contributed by atoms with van der Waals surface area (Å²) in [6.07, 6.45) is 1.05. The lowest BCUT2D eigenvalue weighted by molar-refractivity contribution is -0.114. The summed E-state index contributed by atoms with van der Waals surface area (Å²) in [7, 11) is -3.66. The van der Waals surface area contributed by atoms with E-state index in [1.54, 1.807) is 36.4 Å². The monoisotopic (exact) mass is 396 g/mol. The molecule has 6 nitrogen and oxygen atoms in total. The highest BCUT2D eigenvalue weighted by molar-refractivity contribution is 7.92. The highest BCUT2D eigenvalue weighted by Gasteiger charge is 2.21. The fourth-order valence-corrected chi connectivity index (χ4v) is 3.32. The first-order chi connectivity index (χ1) is 12.2. The number of halogens is 1. The molecule has 0 radical (unpaired) electrons. The van der Waals surface area contributed by atoms with Crippen LogP contribution in [0.4, 0.5) is 11.4 Å². The van der Waals surface area contributed by atoms with Crippen molar-refractivity contribution in [3.63, 3.8) is 0 Å². The third-order valence-corrected chi connectivity index (χ3v) is 5.11. The lowest BCUT2D eigenvalue weighted by atomic mass is 10.2. The van der Waals surface area contributed by atoms with Crippen molar-refractivity contribution in [2.45, 2.75) is 13.8 Å². The van der Waals surface area contributed by atoms with Gasteiger partial charge in [0.05, 0.1) is 18.6 Å². The molecule has 1 amide bonds. The van der Waals surface area contributed by atoms with Crippen LogP contribution in [0.25, 0.3) is 0 Å². The Kier molecular flexibility index (Phi) is 6.50. The minimum atomic E-state index is -3.66. The van der Waals surface area contributed by atoms with Crippen molar-refractivity contribution in [1.82, 2.24) is 0 Å². The first kappa shape index (κ1) is 20.1. The van der Waals surface area contributed by atoms with Gasteiger partial charge in [-0.25, -0.2) is 8.42 Å². The van der Waals surface area contributed by atoms with Crippen LogP contribution in [0.1, 0.15) is 12.5 Å². The van der Waals surface area contributed by atoms with Gasteiger partial charge in [-0.15, -0.1) is 0 Å². The molecular weight excluding hydrogens is 376 g/mol. The lowest BCUT2D eigenvalue weighted by Crippen LogP contribution is -2.37. The molecule has 0 aromatic heterocycles. The maximum Gasteiger partial charge on any atom is 0.245 e. The van der Waals surface area contributed by atoms with E-state index in [1.165, 1.54) is 6.07 Å². The summed E-state index contributed by atoms with van der Waals surface area (Å²) in [6.45, 7) is 3.82. The molecule has 0 atom stereocenters. The average Bonchev–Trinajstić information content (AvgIpc) is 2.55. The number of sulfonamides is 1. The number of hydrogen-bond donors (Lipinski definition) is 1. The van der Waals surface area contributed by atoms with Crippen LogP contribution in [-0.2, 0) is 14.8 Å². The average molecular weight is 397 g/mol. The summed E-state index contributed by atoms with van der Waals surface area (Å²) in [4.78, 5) is 12.4. The predicted molar refractivity (Wildman–Crippen MR) is 105 cm³/mol. The zero-order valence-electron chi connectivity index (χ0n) is 14.8. The molecule has 0 fully saturated rings. The van der Waals surface area contributed by atoms with Crippen molar-refractivity contribution in [3.8, 4) is 5.75 Å². The van der Waals surface area contributed by atoms with E-state index in [0.29, 0.717) is 28.8 Å². The van der Waals surface area contributed by atoms with Crippen LogP contribution in [0.15, 0.2) is 42.5 Å². The molecule has 2 rings (SSSR count). The van der Waals surface area contributed by atoms with Gasteiger partial charge in [-0.05, 0) is 43.7 Å². The Labute approximate surface area is 158 Å². The van der Waals surface area contributed by atoms with E-state index < -0.39 is 15.9 Å². The number of hydrogen-bond acceptors (Lipinski definition) is 4. The predicted octanol–water partition coefficient (Wildman–Crippen LogP) is 3.45. The highest BCUT2D eigenvalue weighted by Crippen LogP contribution is 2.25. The van der Waals surface area contributed by atoms with E-state index in [9.17, 15) is 13.2 Å². The van der Waals surface area contributed by atoms with Gasteiger partial charge in [-0.3, -0.25) is 9.10 Å². The van der Waals surface area contributed by atoms with E-state index in [0.717, 1.165) is 16.1 Å². The largest absolute Gasteiger partial charge is 0.494 e. The number of aryl methyl sites for hydroxylation is 1. The molecule has 0 spiro atoms. The van der Waals surface area contributed by atoms with E-state index in [2.05, 4.69) is 5.32 Å². The topological polar surface area (TPSA) is 75.7 Å². The van der Waals surface area contributed by atoms with Gasteiger partial charge in [-0.2, -0.15) is 0 Å². The van der Waals surface area contributed by atoms with Crippen molar-refractivity contribution in [1.29, 1.82) is 0 Å². The van der Waals surface area contributed by atoms with Crippen molar-refractivity contribution in [3.05, 3.63) is 53.1 Å². The quantitative estimate of drug-likeness (QED) is 0.777. The molecule has 2 aromatic rings. The maximum absolute atomic E-state index is 12.4. The summed E-state index contributed by atoms with van der Waals surface area (Å²) in [5.41, 5.74) is 1.68. The molecule has 8 heteroatoms. The summed E-state index contributed by atoms with van der Waals surface area (Å²) in [5, 5.41) is 3.11. The van der Waals surface area contributed by atoms with Gasteiger partial charge < -0.3 is 10.1 Å². The smallest absolute Gasteiger partial charge is 0.245 e. The minimum absolute atomic E-state index is 0.335. The number of anilines is 2. The first-order valence-electron chi connectivity index (χ1n) is 7.97. The van der Waals surface area contributed by atoms with E-state index in [1.807, 2.05) is 13.8 Å². The van der Waals surface area contributed by atoms with Gasteiger partial charge in [0.1, 0.15) is 12.3 Å². The Morgan fingerprint density at radius 2 is 1.96 bits per heavy atom. The number of carbonyl (C=O) groups excluding carboxylic acids is 1. The van der Waals surface area contributed by atoms with Crippen LogP contribution in [0, 0.1) is 6.92 Å². The third kappa shape index (κ3) is 5.37. The second kappa shape index (κ2) is 8.42. The summed E-state index contributed by atoms with van der Waals surface area (Å²) >= 11 is 6.09. The second-order valence-electron chi connectivity index (χ2n) is 5.71. The van der Waals surface area contributed by atoms with Crippen LogP contribution in [0.3, 0.4) is 0 Å². The van der Waals surface area contributed by atoms with Crippen molar-refractivity contribution < 1.29 is 17.9 Å². The Balaban J connectivity index is 2.19. The van der Waals surface area contributed by atoms with Crippen LogP contribution in [0.2, 0.25) is 5.02 Å². The molecule has 0 saturated heterocycles. The number of nitrogens with one attached hydrogen (secondary N) is 1. The molecule has 0 aliphatic rings. The molecular formula is C18H21ClN2O4S. The van der Waals surface area contributed by atoms with Crippen molar-refractivity contribution in [2.75, 3.05) is 29.0 Å². The van der Waals surface area contributed by atoms with Crippen molar-refractivity contribution >= 4 is 38.9 Å². The molecule has 0 aliphatic carbocycles. The molecule has 0 bridgehead atoms. The fraction of sp³-hybridized carbons (Fsp3) is 0.278. The first-order valence-corrected chi connectivity index (χ1v) is 10.2. The maximum atomic E-state index is 12.4. The molecule has 1 N–H and O–H groups in total. The van der Waals surface area contributed by atoms with Gasteiger partial charge in [0, 0.05) is 16.8 Å². The second-order valence-corrected chi connectivity index (χ2v) is 8.03. The highest BCUT2D eigenvalue weighted by atomic mass is 35.5. The number of carbonyl (C=O) groups is 1. The van der Waals surface area contributed by atoms with Crippen LogP contribution in [-0.4, -0.2) is 33.7 Å². The molecule has 0 heterocycles. The molecule has 2 aromatic carbocycles. The summed E-state index contributed by atoms with van der Waals surface area (Å²) in [6, 6.07) is 11.7. The number of rotatable bonds is 7. The van der Waals surface area contributed by atoms with Gasteiger partial charge in [-0.1, -0.05) is 23.7 Å². The van der Waals surface area contributed by atoms with Crippen LogP contribution in [0.5, 0.6) is 5.75 Å². The number of nitrogens with zero attached hydrogens (tertiary/aromatic N) is 1. The van der Waals surface area contributed by atoms with E-state index in [-0.39, 0.29) is 6.54 Å². The molecule has 0 aliphatic heterocycles. The Hall–Kier alpha value is -2.25. The molecule has 140 valence electrons.